The molecule has 0 saturated heterocycles. The monoisotopic (exact) mass is 371 g/mol. The van der Waals surface area contributed by atoms with Crippen molar-refractivity contribution in [3.05, 3.63) is 53.1 Å². The van der Waals surface area contributed by atoms with Crippen molar-refractivity contribution in [2.24, 2.45) is 0 Å². The summed E-state index contributed by atoms with van der Waals surface area (Å²) >= 11 is 6.06. The summed E-state index contributed by atoms with van der Waals surface area (Å²) in [6.07, 6.45) is 0. The van der Waals surface area contributed by atoms with Crippen LogP contribution in [0.4, 0.5) is 17.6 Å². The molecule has 0 fully saturated rings. The molecule has 0 bridgehead atoms. The van der Waals surface area contributed by atoms with E-state index in [1.165, 1.54) is 0 Å². The van der Waals surface area contributed by atoms with Gasteiger partial charge in [0.25, 0.3) is 5.91 Å². The standard InChI is InChI=1S/C17H14ClN5O3/c18-12-4-2-1-3-11(12)15(24)23-16(19)21-17(22-23)20-10-5-6-13-14(9-10)26-8-7-25-13/h1-6,9H,7-8H2,(H3,19,20,21,22). The molecule has 0 spiro atoms. The number of carbonyl (C=O) groups excluding carboxylic acids is 1. The lowest BCUT2D eigenvalue weighted by molar-refractivity contribution is 0.0948. The van der Waals surface area contributed by atoms with E-state index in [0.29, 0.717) is 35.4 Å². The number of nitrogens with two attached hydrogens (primary N) is 1. The molecule has 3 N–H and O–H groups in total. The molecule has 1 aliphatic rings. The minimum absolute atomic E-state index is 0.0463. The number of halogens is 1. The van der Waals surface area contributed by atoms with Gasteiger partial charge in [-0.25, -0.2) is 0 Å². The summed E-state index contributed by atoms with van der Waals surface area (Å²) in [6.45, 7) is 1.01. The molecule has 26 heavy (non-hydrogen) atoms. The minimum atomic E-state index is -0.462. The van der Waals surface area contributed by atoms with Gasteiger partial charge in [0.1, 0.15) is 13.2 Å². The Bertz CT molecular complexity index is 988. The number of nitrogen functional groups attached to an aromatic ring is 1. The summed E-state index contributed by atoms with van der Waals surface area (Å²) in [4.78, 5) is 16.7. The highest BCUT2D eigenvalue weighted by Gasteiger charge is 2.19. The third kappa shape index (κ3) is 3.02. The van der Waals surface area contributed by atoms with Gasteiger partial charge in [0, 0.05) is 11.8 Å². The third-order valence-corrected chi connectivity index (χ3v) is 4.06. The first-order valence-electron chi connectivity index (χ1n) is 7.80. The molecule has 1 aliphatic heterocycles. The summed E-state index contributed by atoms with van der Waals surface area (Å²) in [5.74, 6) is 0.972. The minimum Gasteiger partial charge on any atom is -0.486 e. The normalized spacial score (nSPS) is 12.7. The number of aromatic nitrogens is 3. The van der Waals surface area contributed by atoms with Gasteiger partial charge in [0.15, 0.2) is 11.5 Å². The second-order valence-corrected chi connectivity index (χ2v) is 5.88. The van der Waals surface area contributed by atoms with Crippen molar-refractivity contribution in [1.29, 1.82) is 0 Å². The van der Waals surface area contributed by atoms with Crippen LogP contribution >= 0.6 is 11.6 Å². The van der Waals surface area contributed by atoms with Gasteiger partial charge in [-0.2, -0.15) is 9.67 Å². The van der Waals surface area contributed by atoms with Crippen LogP contribution in [0.2, 0.25) is 5.02 Å². The number of carbonyl (C=O) groups is 1. The fraction of sp³-hybridized carbons (Fsp3) is 0.118. The predicted octanol–water partition coefficient (Wildman–Crippen LogP) is 2.72. The molecule has 132 valence electrons. The molecule has 9 heteroatoms. The quantitative estimate of drug-likeness (QED) is 0.729. The second kappa shape index (κ2) is 6.57. The summed E-state index contributed by atoms with van der Waals surface area (Å²) in [6, 6.07) is 12.0. The number of nitrogens with one attached hydrogen (secondary N) is 1. The molecular weight excluding hydrogens is 358 g/mol. The zero-order valence-corrected chi connectivity index (χ0v) is 14.2. The van der Waals surface area contributed by atoms with E-state index in [4.69, 9.17) is 26.8 Å². The van der Waals surface area contributed by atoms with E-state index >= 15 is 0 Å². The van der Waals surface area contributed by atoms with Crippen LogP contribution in [0.1, 0.15) is 10.4 Å². The van der Waals surface area contributed by atoms with E-state index in [2.05, 4.69) is 15.4 Å². The first-order chi connectivity index (χ1) is 12.6. The van der Waals surface area contributed by atoms with Crippen molar-refractivity contribution in [2.75, 3.05) is 24.3 Å². The second-order valence-electron chi connectivity index (χ2n) is 5.47. The number of benzene rings is 2. The topological polar surface area (TPSA) is 104 Å². The first-order valence-corrected chi connectivity index (χ1v) is 8.18. The largest absolute Gasteiger partial charge is 0.486 e. The highest BCUT2D eigenvalue weighted by molar-refractivity contribution is 6.33. The number of hydrogen-bond acceptors (Lipinski definition) is 7. The maximum atomic E-state index is 12.6. The van der Waals surface area contributed by atoms with Crippen molar-refractivity contribution < 1.29 is 14.3 Å². The summed E-state index contributed by atoms with van der Waals surface area (Å²) < 4.78 is 12.0. The predicted molar refractivity (Wildman–Crippen MR) is 96.3 cm³/mol. The number of rotatable bonds is 3. The lowest BCUT2D eigenvalue weighted by Crippen LogP contribution is -2.16. The molecule has 4 rings (SSSR count). The Balaban J connectivity index is 1.59. The van der Waals surface area contributed by atoms with Crippen molar-refractivity contribution in [3.8, 4) is 11.5 Å². The highest BCUT2D eigenvalue weighted by atomic mass is 35.5. The van der Waals surface area contributed by atoms with Gasteiger partial charge < -0.3 is 20.5 Å². The fourth-order valence-corrected chi connectivity index (χ4v) is 2.74. The van der Waals surface area contributed by atoms with E-state index in [9.17, 15) is 4.79 Å². The van der Waals surface area contributed by atoms with Crippen molar-refractivity contribution in [1.82, 2.24) is 14.8 Å². The van der Waals surface area contributed by atoms with Gasteiger partial charge in [-0.1, -0.05) is 23.7 Å². The average molecular weight is 372 g/mol. The van der Waals surface area contributed by atoms with E-state index in [-0.39, 0.29) is 17.5 Å². The van der Waals surface area contributed by atoms with E-state index in [1.54, 1.807) is 42.5 Å². The smallest absolute Gasteiger partial charge is 0.282 e. The maximum Gasteiger partial charge on any atom is 0.282 e. The SMILES string of the molecule is Nc1nc(Nc2ccc3c(c2)OCCO3)nn1C(=O)c1ccccc1Cl. The number of nitrogens with zero attached hydrogens (tertiary/aromatic N) is 3. The molecule has 0 atom stereocenters. The highest BCUT2D eigenvalue weighted by Crippen LogP contribution is 2.33. The van der Waals surface area contributed by atoms with Gasteiger partial charge in [-0.05, 0) is 24.3 Å². The summed E-state index contributed by atoms with van der Waals surface area (Å²) in [5.41, 5.74) is 6.80. The zero-order valence-electron chi connectivity index (χ0n) is 13.5. The fourth-order valence-electron chi connectivity index (χ4n) is 2.53. The summed E-state index contributed by atoms with van der Waals surface area (Å²) in [5, 5.41) is 7.43. The first kappa shape index (κ1) is 16.2. The van der Waals surface area contributed by atoms with Crippen LogP contribution in [0.15, 0.2) is 42.5 Å². The van der Waals surface area contributed by atoms with Gasteiger partial charge >= 0.3 is 0 Å². The van der Waals surface area contributed by atoms with E-state index in [1.807, 2.05) is 0 Å². The molecule has 0 amide bonds. The molecule has 3 aromatic rings. The number of fused-ring (bicyclic) bond motifs is 1. The van der Waals surface area contributed by atoms with Crippen molar-refractivity contribution in [2.45, 2.75) is 0 Å². The van der Waals surface area contributed by atoms with Gasteiger partial charge in [0.05, 0.1) is 10.6 Å². The molecule has 0 aliphatic carbocycles. The van der Waals surface area contributed by atoms with Crippen LogP contribution in [0, 0.1) is 0 Å². The molecule has 1 aromatic heterocycles. The Morgan fingerprint density at radius 2 is 1.92 bits per heavy atom. The van der Waals surface area contributed by atoms with Gasteiger partial charge in [0.2, 0.25) is 11.9 Å². The molecule has 8 nitrogen and oxygen atoms in total. The zero-order chi connectivity index (χ0) is 18.1. The summed E-state index contributed by atoms with van der Waals surface area (Å²) in [7, 11) is 0. The number of hydrogen-bond donors (Lipinski definition) is 2. The van der Waals surface area contributed by atoms with Crippen molar-refractivity contribution >= 4 is 35.1 Å². The lowest BCUT2D eigenvalue weighted by Gasteiger charge is -2.18. The van der Waals surface area contributed by atoms with Crippen LogP contribution in [0.5, 0.6) is 11.5 Å². The van der Waals surface area contributed by atoms with E-state index in [0.717, 1.165) is 4.68 Å². The number of anilines is 3. The van der Waals surface area contributed by atoms with Crippen LogP contribution in [0.25, 0.3) is 0 Å². The molecule has 2 heterocycles. The third-order valence-electron chi connectivity index (χ3n) is 3.73. The van der Waals surface area contributed by atoms with Crippen molar-refractivity contribution in [3.63, 3.8) is 0 Å². The maximum absolute atomic E-state index is 12.6. The van der Waals surface area contributed by atoms with Gasteiger partial charge in [-0.3, -0.25) is 4.79 Å². The molecular formula is C17H14ClN5O3. The Hall–Kier alpha value is -3.26. The van der Waals surface area contributed by atoms with Crippen LogP contribution in [-0.4, -0.2) is 33.9 Å². The Morgan fingerprint density at radius 3 is 2.73 bits per heavy atom. The van der Waals surface area contributed by atoms with Crippen LogP contribution in [0.3, 0.4) is 0 Å². The molecule has 2 aromatic carbocycles. The van der Waals surface area contributed by atoms with Crippen LogP contribution in [-0.2, 0) is 0 Å². The Morgan fingerprint density at radius 1 is 1.15 bits per heavy atom. The lowest BCUT2D eigenvalue weighted by atomic mass is 10.2. The van der Waals surface area contributed by atoms with Crippen LogP contribution < -0.4 is 20.5 Å². The molecule has 0 saturated carbocycles. The molecule has 0 unspecified atom stereocenters. The molecule has 0 radical (unpaired) electrons. The van der Waals surface area contributed by atoms with E-state index < -0.39 is 5.91 Å². The van der Waals surface area contributed by atoms with Gasteiger partial charge in [-0.15, -0.1) is 5.10 Å². The average Bonchev–Trinajstić information content (AvgIpc) is 3.01. The number of ether oxygens (including phenoxy) is 2. The Kier molecular flexibility index (Phi) is 4.10. The Labute approximate surface area is 153 Å².